The third kappa shape index (κ3) is 5.71. The minimum Gasteiger partial charge on any atom is -0.310 e. The maximum absolute atomic E-state index is 13.4. The van der Waals surface area contributed by atoms with Gasteiger partial charge in [0.05, 0.1) is 0 Å². The van der Waals surface area contributed by atoms with E-state index in [0.29, 0.717) is 17.5 Å². The van der Waals surface area contributed by atoms with Gasteiger partial charge in [0.2, 0.25) is 0 Å². The fourth-order valence-corrected chi connectivity index (χ4v) is 2.45. The molecular weight excluding hydrogens is 270 g/mol. The SMILES string of the molecule is CCNC(CCN(C)C(C)C(C)C)c1cc(F)cc(F)c1. The molecule has 4 heteroatoms. The Kier molecular flexibility index (Phi) is 7.26. The van der Waals surface area contributed by atoms with E-state index < -0.39 is 11.6 Å². The Morgan fingerprint density at radius 3 is 2.14 bits per heavy atom. The van der Waals surface area contributed by atoms with Crippen LogP contribution in [0.3, 0.4) is 0 Å². The van der Waals surface area contributed by atoms with E-state index >= 15 is 0 Å². The fraction of sp³-hybridized carbons (Fsp3) is 0.647. The number of benzene rings is 1. The largest absolute Gasteiger partial charge is 0.310 e. The van der Waals surface area contributed by atoms with E-state index in [2.05, 4.69) is 38.0 Å². The first kappa shape index (κ1) is 18.1. The quantitative estimate of drug-likeness (QED) is 0.781. The number of halogens is 2. The van der Waals surface area contributed by atoms with Crippen LogP contribution in [0, 0.1) is 17.6 Å². The summed E-state index contributed by atoms with van der Waals surface area (Å²) in [4.78, 5) is 2.30. The molecule has 21 heavy (non-hydrogen) atoms. The van der Waals surface area contributed by atoms with Crippen molar-refractivity contribution in [1.29, 1.82) is 0 Å². The summed E-state index contributed by atoms with van der Waals surface area (Å²) in [6.45, 7) is 10.3. The highest BCUT2D eigenvalue weighted by Crippen LogP contribution is 2.20. The lowest BCUT2D eigenvalue weighted by Gasteiger charge is -2.29. The normalized spacial score (nSPS) is 14.7. The molecule has 0 radical (unpaired) electrons. The Bertz CT molecular complexity index is 415. The van der Waals surface area contributed by atoms with Gasteiger partial charge in [0.15, 0.2) is 0 Å². The minimum atomic E-state index is -0.517. The molecule has 0 amide bonds. The highest BCUT2D eigenvalue weighted by molar-refractivity contribution is 5.21. The standard InChI is InChI=1S/C17H28F2N2/c1-6-20-17(7-8-21(5)13(4)12(2)3)14-9-15(18)11-16(19)10-14/h9-13,17,20H,6-8H2,1-5H3. The average molecular weight is 298 g/mol. The molecule has 1 aromatic carbocycles. The molecule has 0 spiro atoms. The molecule has 2 unspecified atom stereocenters. The number of hydrogen-bond acceptors (Lipinski definition) is 2. The Hall–Kier alpha value is -1.00. The molecule has 0 aliphatic heterocycles. The van der Waals surface area contributed by atoms with Crippen molar-refractivity contribution in [2.24, 2.45) is 5.92 Å². The molecule has 0 aliphatic rings. The zero-order valence-corrected chi connectivity index (χ0v) is 13.8. The van der Waals surface area contributed by atoms with Crippen LogP contribution in [0.4, 0.5) is 8.78 Å². The Labute approximate surface area is 127 Å². The van der Waals surface area contributed by atoms with Crippen LogP contribution in [0.25, 0.3) is 0 Å². The molecule has 0 fully saturated rings. The van der Waals surface area contributed by atoms with E-state index in [0.717, 1.165) is 25.6 Å². The van der Waals surface area contributed by atoms with Crippen molar-refractivity contribution in [2.75, 3.05) is 20.1 Å². The van der Waals surface area contributed by atoms with Crippen LogP contribution in [0.2, 0.25) is 0 Å². The predicted octanol–water partition coefficient (Wildman–Crippen LogP) is 3.98. The molecule has 1 aromatic rings. The molecule has 0 aliphatic carbocycles. The van der Waals surface area contributed by atoms with E-state index in [9.17, 15) is 8.78 Å². The van der Waals surface area contributed by atoms with Crippen molar-refractivity contribution in [3.8, 4) is 0 Å². The number of rotatable bonds is 8. The second-order valence-electron chi connectivity index (χ2n) is 6.07. The van der Waals surface area contributed by atoms with E-state index in [-0.39, 0.29) is 6.04 Å². The van der Waals surface area contributed by atoms with Gasteiger partial charge in [-0.05, 0) is 57.1 Å². The van der Waals surface area contributed by atoms with Gasteiger partial charge >= 0.3 is 0 Å². The van der Waals surface area contributed by atoms with Crippen molar-refractivity contribution in [2.45, 2.75) is 46.2 Å². The topological polar surface area (TPSA) is 15.3 Å². The summed E-state index contributed by atoms with van der Waals surface area (Å²) in [6, 6.07) is 4.21. The maximum atomic E-state index is 13.4. The first-order chi connectivity index (χ1) is 9.85. The van der Waals surface area contributed by atoms with Crippen LogP contribution < -0.4 is 5.32 Å². The van der Waals surface area contributed by atoms with Gasteiger partial charge in [-0.3, -0.25) is 0 Å². The van der Waals surface area contributed by atoms with Crippen molar-refractivity contribution >= 4 is 0 Å². The van der Waals surface area contributed by atoms with Crippen LogP contribution in [-0.4, -0.2) is 31.1 Å². The van der Waals surface area contributed by atoms with Crippen LogP contribution in [0.15, 0.2) is 18.2 Å². The highest BCUT2D eigenvalue weighted by Gasteiger charge is 2.17. The van der Waals surface area contributed by atoms with Crippen LogP contribution in [0.1, 0.15) is 45.7 Å². The fourth-order valence-electron chi connectivity index (χ4n) is 2.45. The van der Waals surface area contributed by atoms with Gasteiger partial charge < -0.3 is 10.2 Å². The lowest BCUT2D eigenvalue weighted by atomic mass is 10.0. The van der Waals surface area contributed by atoms with Crippen molar-refractivity contribution < 1.29 is 8.78 Å². The van der Waals surface area contributed by atoms with E-state index in [4.69, 9.17) is 0 Å². The van der Waals surface area contributed by atoms with Gasteiger partial charge in [-0.2, -0.15) is 0 Å². The molecule has 2 nitrogen and oxygen atoms in total. The average Bonchev–Trinajstić information content (AvgIpc) is 2.40. The summed E-state index contributed by atoms with van der Waals surface area (Å²) < 4.78 is 26.8. The molecule has 1 rings (SSSR count). The molecule has 0 saturated carbocycles. The maximum Gasteiger partial charge on any atom is 0.126 e. The summed E-state index contributed by atoms with van der Waals surface area (Å²) in [5.74, 6) is -0.451. The van der Waals surface area contributed by atoms with Gasteiger partial charge in [-0.1, -0.05) is 20.8 Å². The summed E-state index contributed by atoms with van der Waals surface area (Å²) >= 11 is 0. The first-order valence-electron chi connectivity index (χ1n) is 7.74. The van der Waals surface area contributed by atoms with Crippen molar-refractivity contribution in [1.82, 2.24) is 10.2 Å². The van der Waals surface area contributed by atoms with Gasteiger partial charge in [-0.25, -0.2) is 8.78 Å². The predicted molar refractivity (Wildman–Crippen MR) is 84.3 cm³/mol. The van der Waals surface area contributed by atoms with Gasteiger partial charge in [0.1, 0.15) is 11.6 Å². The highest BCUT2D eigenvalue weighted by atomic mass is 19.1. The molecular formula is C17H28F2N2. The van der Waals surface area contributed by atoms with E-state index in [1.165, 1.54) is 12.1 Å². The third-order valence-corrected chi connectivity index (χ3v) is 4.17. The number of nitrogens with zero attached hydrogens (tertiary/aromatic N) is 1. The summed E-state index contributed by atoms with van der Waals surface area (Å²) in [5, 5.41) is 3.32. The zero-order chi connectivity index (χ0) is 16.0. The summed E-state index contributed by atoms with van der Waals surface area (Å²) in [6.07, 6.45) is 0.824. The van der Waals surface area contributed by atoms with Crippen molar-refractivity contribution in [3.63, 3.8) is 0 Å². The summed E-state index contributed by atoms with van der Waals surface area (Å²) in [7, 11) is 2.10. The summed E-state index contributed by atoms with van der Waals surface area (Å²) in [5.41, 5.74) is 0.681. The second kappa shape index (κ2) is 8.44. The molecule has 0 heterocycles. The molecule has 1 N–H and O–H groups in total. The number of hydrogen-bond donors (Lipinski definition) is 1. The Morgan fingerprint density at radius 2 is 1.67 bits per heavy atom. The molecule has 120 valence electrons. The molecule has 0 saturated heterocycles. The van der Waals surface area contributed by atoms with Gasteiger partial charge in [0, 0.05) is 18.2 Å². The monoisotopic (exact) mass is 298 g/mol. The van der Waals surface area contributed by atoms with Gasteiger partial charge in [0.25, 0.3) is 0 Å². The Balaban J connectivity index is 2.73. The van der Waals surface area contributed by atoms with Crippen molar-refractivity contribution in [3.05, 3.63) is 35.4 Å². The Morgan fingerprint density at radius 1 is 1.10 bits per heavy atom. The van der Waals surface area contributed by atoms with Gasteiger partial charge in [-0.15, -0.1) is 0 Å². The van der Waals surface area contributed by atoms with Crippen LogP contribution in [-0.2, 0) is 0 Å². The molecule has 0 bridgehead atoms. The van der Waals surface area contributed by atoms with Crippen LogP contribution >= 0.6 is 0 Å². The second-order valence-corrected chi connectivity index (χ2v) is 6.07. The first-order valence-corrected chi connectivity index (χ1v) is 7.74. The van der Waals surface area contributed by atoms with E-state index in [1.807, 2.05) is 6.92 Å². The molecule has 0 aromatic heterocycles. The zero-order valence-electron chi connectivity index (χ0n) is 13.8. The molecule has 2 atom stereocenters. The van der Waals surface area contributed by atoms with Crippen LogP contribution in [0.5, 0.6) is 0 Å². The lowest BCUT2D eigenvalue weighted by Crippen LogP contribution is -2.36. The lowest BCUT2D eigenvalue weighted by molar-refractivity contribution is 0.198. The van der Waals surface area contributed by atoms with E-state index in [1.54, 1.807) is 0 Å². The third-order valence-electron chi connectivity index (χ3n) is 4.17. The smallest absolute Gasteiger partial charge is 0.126 e. The number of nitrogens with one attached hydrogen (secondary N) is 1. The minimum absolute atomic E-state index is 0.0259.